The highest BCUT2D eigenvalue weighted by Gasteiger charge is 2.22. The first-order valence-corrected chi connectivity index (χ1v) is 8.47. The summed E-state index contributed by atoms with van der Waals surface area (Å²) >= 11 is 0. The standard InChI is InChI=1S/C19H19NO9/c1-3-28-18(26)10-6-13(21)9(5-14(10)22)17(25)20-12-8-15(23)11(7-16(12)24)19(27)29-4-2/h5-8,21-24H,3-4H2,1-2H3,(H,20,25). The number of carbonyl (C=O) groups is 3. The number of amides is 1. The Balaban J connectivity index is 2.31. The molecule has 10 nitrogen and oxygen atoms in total. The van der Waals surface area contributed by atoms with Crippen molar-refractivity contribution in [1.29, 1.82) is 0 Å². The van der Waals surface area contributed by atoms with Gasteiger partial charge in [-0.25, -0.2) is 9.59 Å². The van der Waals surface area contributed by atoms with Crippen molar-refractivity contribution >= 4 is 23.5 Å². The minimum Gasteiger partial charge on any atom is -0.507 e. The first-order valence-electron chi connectivity index (χ1n) is 8.47. The first-order chi connectivity index (χ1) is 13.7. The fraction of sp³-hybridized carbons (Fsp3) is 0.211. The molecule has 0 atom stereocenters. The van der Waals surface area contributed by atoms with Crippen LogP contribution in [0.1, 0.15) is 44.9 Å². The van der Waals surface area contributed by atoms with Crippen molar-refractivity contribution in [1.82, 2.24) is 0 Å². The summed E-state index contributed by atoms with van der Waals surface area (Å²) in [4.78, 5) is 35.8. The molecule has 0 aliphatic carbocycles. The third-order valence-corrected chi connectivity index (χ3v) is 3.71. The fourth-order valence-corrected chi connectivity index (χ4v) is 2.37. The van der Waals surface area contributed by atoms with Gasteiger partial charge in [-0.3, -0.25) is 4.79 Å². The van der Waals surface area contributed by atoms with Crippen molar-refractivity contribution in [2.45, 2.75) is 13.8 Å². The van der Waals surface area contributed by atoms with E-state index >= 15 is 0 Å². The second-order valence-corrected chi connectivity index (χ2v) is 5.67. The molecule has 0 bridgehead atoms. The number of benzene rings is 2. The quantitative estimate of drug-likeness (QED) is 0.275. The van der Waals surface area contributed by atoms with E-state index in [4.69, 9.17) is 9.47 Å². The summed E-state index contributed by atoms with van der Waals surface area (Å²) in [7, 11) is 0. The van der Waals surface area contributed by atoms with Crippen LogP contribution in [-0.4, -0.2) is 51.5 Å². The molecule has 2 aromatic carbocycles. The van der Waals surface area contributed by atoms with E-state index in [1.807, 2.05) is 0 Å². The van der Waals surface area contributed by atoms with Crippen molar-refractivity contribution in [3.05, 3.63) is 41.0 Å². The Labute approximate surface area is 164 Å². The number of carbonyl (C=O) groups excluding carboxylic acids is 3. The third-order valence-electron chi connectivity index (χ3n) is 3.71. The van der Waals surface area contributed by atoms with Crippen molar-refractivity contribution in [3.8, 4) is 23.0 Å². The Hall–Kier alpha value is -3.95. The predicted molar refractivity (Wildman–Crippen MR) is 99.4 cm³/mol. The van der Waals surface area contributed by atoms with E-state index in [0.717, 1.165) is 24.3 Å². The number of hydrogen-bond donors (Lipinski definition) is 5. The van der Waals surface area contributed by atoms with Gasteiger partial charge in [0.25, 0.3) is 5.91 Å². The molecule has 154 valence electrons. The molecular formula is C19H19NO9. The number of phenolic OH excluding ortho intramolecular Hbond substituents is 4. The van der Waals surface area contributed by atoms with Gasteiger partial charge in [-0.05, 0) is 26.0 Å². The number of nitrogens with one attached hydrogen (secondary N) is 1. The second kappa shape index (κ2) is 8.83. The van der Waals surface area contributed by atoms with Crippen molar-refractivity contribution in [2.24, 2.45) is 0 Å². The van der Waals surface area contributed by atoms with E-state index < -0.39 is 46.4 Å². The molecule has 0 saturated heterocycles. The zero-order valence-electron chi connectivity index (χ0n) is 15.6. The van der Waals surface area contributed by atoms with E-state index in [2.05, 4.69) is 5.32 Å². The van der Waals surface area contributed by atoms with Gasteiger partial charge in [-0.2, -0.15) is 0 Å². The summed E-state index contributed by atoms with van der Waals surface area (Å²) in [6, 6.07) is 3.54. The third kappa shape index (κ3) is 4.67. The molecule has 0 aliphatic rings. The van der Waals surface area contributed by atoms with Crippen molar-refractivity contribution in [3.63, 3.8) is 0 Å². The van der Waals surface area contributed by atoms with Crippen LogP contribution in [0, 0.1) is 0 Å². The predicted octanol–water partition coefficient (Wildman–Crippen LogP) is 2.11. The summed E-state index contributed by atoms with van der Waals surface area (Å²) in [5.74, 6) is -5.05. The molecule has 0 spiro atoms. The topological polar surface area (TPSA) is 163 Å². The largest absolute Gasteiger partial charge is 0.507 e. The number of anilines is 1. The number of aromatic hydroxyl groups is 4. The maximum Gasteiger partial charge on any atom is 0.342 e. The van der Waals surface area contributed by atoms with E-state index in [-0.39, 0.29) is 30.0 Å². The number of hydrogen-bond acceptors (Lipinski definition) is 9. The molecule has 0 heterocycles. The summed E-state index contributed by atoms with van der Waals surface area (Å²) in [5.41, 5.74) is -1.32. The van der Waals surface area contributed by atoms with Gasteiger partial charge in [-0.15, -0.1) is 0 Å². The molecular weight excluding hydrogens is 386 g/mol. The van der Waals surface area contributed by atoms with Crippen LogP contribution < -0.4 is 5.32 Å². The van der Waals surface area contributed by atoms with E-state index in [1.165, 1.54) is 0 Å². The molecule has 0 aromatic heterocycles. The van der Waals surface area contributed by atoms with Gasteiger partial charge in [0.05, 0.1) is 24.5 Å². The molecule has 2 aromatic rings. The van der Waals surface area contributed by atoms with Crippen LogP contribution in [0.4, 0.5) is 5.69 Å². The van der Waals surface area contributed by atoms with Gasteiger partial charge < -0.3 is 35.2 Å². The molecule has 29 heavy (non-hydrogen) atoms. The Morgan fingerprint density at radius 1 is 0.724 bits per heavy atom. The van der Waals surface area contributed by atoms with Gasteiger partial charge in [-0.1, -0.05) is 0 Å². The Kier molecular flexibility index (Phi) is 6.50. The molecule has 5 N–H and O–H groups in total. The zero-order chi connectivity index (χ0) is 21.7. The van der Waals surface area contributed by atoms with Gasteiger partial charge in [0.1, 0.15) is 34.1 Å². The minimum absolute atomic E-state index is 0.0475. The lowest BCUT2D eigenvalue weighted by molar-refractivity contribution is 0.0512. The van der Waals surface area contributed by atoms with Crippen LogP contribution in [0.25, 0.3) is 0 Å². The van der Waals surface area contributed by atoms with Crippen molar-refractivity contribution in [2.75, 3.05) is 18.5 Å². The molecule has 10 heteroatoms. The lowest BCUT2D eigenvalue weighted by Crippen LogP contribution is -2.14. The fourth-order valence-electron chi connectivity index (χ4n) is 2.37. The highest BCUT2D eigenvalue weighted by Crippen LogP contribution is 2.34. The Morgan fingerprint density at radius 3 is 1.66 bits per heavy atom. The Bertz CT molecular complexity index is 969. The van der Waals surface area contributed by atoms with E-state index in [9.17, 15) is 34.8 Å². The van der Waals surface area contributed by atoms with Crippen LogP contribution in [0.2, 0.25) is 0 Å². The lowest BCUT2D eigenvalue weighted by atomic mass is 10.1. The van der Waals surface area contributed by atoms with Crippen LogP contribution in [0.5, 0.6) is 23.0 Å². The van der Waals surface area contributed by atoms with Gasteiger partial charge >= 0.3 is 11.9 Å². The Morgan fingerprint density at radius 2 is 1.14 bits per heavy atom. The maximum absolute atomic E-state index is 12.4. The van der Waals surface area contributed by atoms with E-state index in [1.54, 1.807) is 13.8 Å². The highest BCUT2D eigenvalue weighted by atomic mass is 16.5. The highest BCUT2D eigenvalue weighted by molar-refractivity contribution is 6.08. The lowest BCUT2D eigenvalue weighted by Gasteiger charge is -2.12. The number of rotatable bonds is 6. The molecule has 0 unspecified atom stereocenters. The number of esters is 2. The monoisotopic (exact) mass is 405 g/mol. The van der Waals surface area contributed by atoms with E-state index in [0.29, 0.717) is 0 Å². The smallest absolute Gasteiger partial charge is 0.342 e. The summed E-state index contributed by atoms with van der Waals surface area (Å²) in [6.07, 6.45) is 0. The second-order valence-electron chi connectivity index (χ2n) is 5.67. The van der Waals surface area contributed by atoms with Crippen molar-refractivity contribution < 1.29 is 44.3 Å². The molecule has 1 amide bonds. The zero-order valence-corrected chi connectivity index (χ0v) is 15.6. The number of phenols is 4. The maximum atomic E-state index is 12.4. The molecule has 0 fully saturated rings. The molecule has 0 aliphatic heterocycles. The van der Waals surface area contributed by atoms with Crippen LogP contribution in [-0.2, 0) is 9.47 Å². The normalized spacial score (nSPS) is 10.3. The van der Waals surface area contributed by atoms with Gasteiger partial charge in [0, 0.05) is 12.1 Å². The van der Waals surface area contributed by atoms with Crippen LogP contribution in [0.15, 0.2) is 24.3 Å². The number of ether oxygens (including phenoxy) is 2. The molecule has 2 rings (SSSR count). The van der Waals surface area contributed by atoms with Crippen LogP contribution in [0.3, 0.4) is 0 Å². The van der Waals surface area contributed by atoms with Gasteiger partial charge in [0.15, 0.2) is 0 Å². The summed E-state index contributed by atoms with van der Waals surface area (Å²) in [5, 5.41) is 42.2. The SMILES string of the molecule is CCOC(=O)c1cc(O)c(NC(=O)c2cc(O)c(C(=O)OCC)cc2O)cc1O. The summed E-state index contributed by atoms with van der Waals surface area (Å²) < 4.78 is 9.46. The first kappa shape index (κ1) is 21.4. The summed E-state index contributed by atoms with van der Waals surface area (Å²) in [6.45, 7) is 3.23. The average Bonchev–Trinajstić information content (AvgIpc) is 2.66. The van der Waals surface area contributed by atoms with Crippen LogP contribution >= 0.6 is 0 Å². The minimum atomic E-state index is -0.966. The molecule has 0 radical (unpaired) electrons. The molecule has 0 saturated carbocycles. The average molecular weight is 405 g/mol. The van der Waals surface area contributed by atoms with Gasteiger partial charge in [0.2, 0.25) is 0 Å².